The van der Waals surface area contributed by atoms with Crippen LogP contribution in [0, 0.1) is 34.5 Å². The molecule has 11 heteroatoms. The van der Waals surface area contributed by atoms with E-state index in [1.54, 1.807) is 19.8 Å². The molecule has 1 saturated heterocycles. The van der Waals surface area contributed by atoms with Gasteiger partial charge in [-0.1, -0.05) is 139 Å². The predicted octanol–water partition coefficient (Wildman–Crippen LogP) is 12.4. The second-order valence-electron chi connectivity index (χ2n) is 22.7. The van der Waals surface area contributed by atoms with Crippen LogP contribution in [0.3, 0.4) is 0 Å². The van der Waals surface area contributed by atoms with Crippen molar-refractivity contribution < 1.29 is 32.9 Å². The van der Waals surface area contributed by atoms with Crippen molar-refractivity contribution in [2.75, 3.05) is 45.9 Å². The molecule has 0 bridgehead atoms. The van der Waals surface area contributed by atoms with Crippen molar-refractivity contribution in [3.05, 3.63) is 84.0 Å². The Bertz CT molecular complexity index is 1920. The van der Waals surface area contributed by atoms with Crippen molar-refractivity contribution >= 4 is 50.5 Å². The molecule has 4 aliphatic carbocycles. The average Bonchev–Trinajstić information content (AvgIpc) is 3.70. The van der Waals surface area contributed by atoms with Gasteiger partial charge in [-0.2, -0.15) is 0 Å². The van der Waals surface area contributed by atoms with E-state index >= 15 is 0 Å². The molecule has 0 aromatic heterocycles. The normalized spacial score (nSPS) is 30.6. The highest BCUT2D eigenvalue weighted by molar-refractivity contribution is 8.18. The zero-order valence-corrected chi connectivity index (χ0v) is 47.1. The highest BCUT2D eigenvalue weighted by Gasteiger charge is 2.63. The number of aliphatic hydroxyl groups excluding tert-OH is 1. The molecule has 0 unspecified atom stereocenters. The van der Waals surface area contributed by atoms with Crippen molar-refractivity contribution in [2.24, 2.45) is 34.5 Å². The summed E-state index contributed by atoms with van der Waals surface area (Å²) in [7, 11) is -1.64. The quantitative estimate of drug-likeness (QED) is 0.0972. The summed E-state index contributed by atoms with van der Waals surface area (Å²) in [6.45, 7) is 24.9. The van der Waals surface area contributed by atoms with Gasteiger partial charge in [0.2, 0.25) is 0 Å². The smallest absolute Gasteiger partial charge is 0.261 e. The topological polar surface area (TPSA) is 75.6 Å². The zero-order valence-electron chi connectivity index (χ0n) is 43.5. The molecular weight excluding hydrogens is 905 g/mol. The van der Waals surface area contributed by atoms with Crippen LogP contribution >= 0.6 is 23.5 Å². The Morgan fingerprint density at radius 2 is 1.39 bits per heavy atom. The first-order chi connectivity index (χ1) is 32.0. The number of hydrogen-bond acceptors (Lipinski definition) is 9. The number of allylic oxidation sites excluding steroid dienone is 2. The van der Waals surface area contributed by atoms with Gasteiger partial charge in [-0.15, -0.1) is 23.5 Å². The highest BCUT2D eigenvalue weighted by Crippen LogP contribution is 2.68. The van der Waals surface area contributed by atoms with Crippen LogP contribution in [0.2, 0.25) is 23.2 Å². The van der Waals surface area contributed by atoms with E-state index in [1.807, 2.05) is 23.5 Å². The molecule has 0 radical (unpaired) electrons. The lowest BCUT2D eigenvalue weighted by molar-refractivity contribution is -0.163. The summed E-state index contributed by atoms with van der Waals surface area (Å²) >= 11 is 4.00. The Morgan fingerprint density at radius 3 is 1.96 bits per heavy atom. The fourth-order valence-corrected chi connectivity index (χ4v) is 25.5. The van der Waals surface area contributed by atoms with Crippen molar-refractivity contribution in [2.45, 2.75) is 172 Å². The SMILES string of the molecule is CC[Si](CC)(CC)O[C@](C)(CO[Si](c1ccccc1)(c1ccccc1)C(C)(C)C)C[C@@H](O)C1([C@@H](C)C2=CC=C3[C@@H]4CC[C@H]5C[C@@H](OCOC)CC[C@]5(C)[C@H]4C[C@@H](OCOC)[C@@]32C)SCCCS1. The van der Waals surface area contributed by atoms with Crippen molar-refractivity contribution in [1.82, 2.24) is 0 Å². The molecule has 1 N–H and O–H groups in total. The molecule has 5 aliphatic rings. The van der Waals surface area contributed by atoms with E-state index in [0.717, 1.165) is 55.3 Å². The van der Waals surface area contributed by atoms with Crippen LogP contribution in [0.15, 0.2) is 84.0 Å². The van der Waals surface area contributed by atoms with Gasteiger partial charge in [0.05, 0.1) is 34.6 Å². The largest absolute Gasteiger partial charge is 0.409 e. The third-order valence-corrected chi connectivity index (χ3v) is 31.7. The van der Waals surface area contributed by atoms with Gasteiger partial charge >= 0.3 is 0 Å². The molecule has 7 rings (SSSR count). The van der Waals surface area contributed by atoms with Crippen molar-refractivity contribution in [1.29, 1.82) is 0 Å². The molecule has 7 nitrogen and oxygen atoms in total. The first-order valence-corrected chi connectivity index (χ1v) is 32.4. The maximum absolute atomic E-state index is 13.5. The fraction of sp³-hybridized carbons (Fsp3) is 0.714. The predicted molar refractivity (Wildman–Crippen MR) is 286 cm³/mol. The molecule has 374 valence electrons. The number of benzene rings is 2. The molecule has 2 aromatic carbocycles. The summed E-state index contributed by atoms with van der Waals surface area (Å²) in [4.78, 5) is 0. The van der Waals surface area contributed by atoms with Crippen LogP contribution < -0.4 is 10.4 Å². The van der Waals surface area contributed by atoms with E-state index in [-0.39, 0.29) is 40.8 Å². The van der Waals surface area contributed by atoms with E-state index in [4.69, 9.17) is 27.8 Å². The zero-order chi connectivity index (χ0) is 48.3. The Morgan fingerprint density at radius 1 is 0.791 bits per heavy atom. The number of fused-ring (bicyclic) bond motifs is 5. The minimum Gasteiger partial charge on any atom is -0.409 e. The highest BCUT2D eigenvalue weighted by atomic mass is 32.2. The monoisotopic (exact) mass is 993 g/mol. The standard InChI is InChI=1S/C56H88O7S2Si2/c1-13-66(14-2,15-3)63-53(8,38-62-67(52(5,6)7,44-23-18-16-19-24-44)45-25-20-17-21-26-45)37-50(57)56(64-33-22-34-65-56)41(4)47-29-30-48-46-28-27-42-35-43(60-39-58-11)31-32-54(42,9)49(46)36-51(55(47,48)10)61-40-59-12/h16-21,23-26,29-30,41-43,46,49-51,57H,13-15,22,27-28,31-40H2,1-12H3/t41-,42-,43-,46-,49-,50+,51+,53-,54-,55+/m0/s1. The maximum Gasteiger partial charge on any atom is 0.261 e. The van der Waals surface area contributed by atoms with Crippen LogP contribution in [-0.4, -0.2) is 95.7 Å². The van der Waals surface area contributed by atoms with Crippen LogP contribution in [-0.2, 0) is 27.8 Å². The number of methoxy groups -OCH3 is 2. The fourth-order valence-electron chi connectivity index (χ4n) is 14.2. The second-order valence-corrected chi connectivity index (χ2v) is 34.7. The van der Waals surface area contributed by atoms with Crippen molar-refractivity contribution in [3.63, 3.8) is 0 Å². The van der Waals surface area contributed by atoms with E-state index in [2.05, 4.69) is 142 Å². The molecule has 4 fully saturated rings. The summed E-state index contributed by atoms with van der Waals surface area (Å²) in [6, 6.07) is 25.0. The van der Waals surface area contributed by atoms with Gasteiger partial charge in [-0.25, -0.2) is 0 Å². The first-order valence-electron chi connectivity index (χ1n) is 26.0. The number of hydrogen-bond donors (Lipinski definition) is 1. The number of aliphatic hydroxyl groups is 1. The van der Waals surface area contributed by atoms with Gasteiger partial charge in [-0.05, 0) is 127 Å². The van der Waals surface area contributed by atoms with E-state index in [9.17, 15) is 5.11 Å². The van der Waals surface area contributed by atoms with Gasteiger partial charge in [0.25, 0.3) is 8.32 Å². The minimum atomic E-state index is -2.91. The van der Waals surface area contributed by atoms with Gasteiger partial charge in [0.1, 0.15) is 13.6 Å². The minimum absolute atomic E-state index is 0.0271. The number of ether oxygens (including phenoxy) is 4. The van der Waals surface area contributed by atoms with Gasteiger partial charge < -0.3 is 32.9 Å². The van der Waals surface area contributed by atoms with E-state index in [1.165, 1.54) is 35.2 Å². The second kappa shape index (κ2) is 21.9. The molecule has 10 atom stereocenters. The molecule has 0 spiro atoms. The Balaban J connectivity index is 1.23. The molecular formula is C56H88O7S2Si2. The maximum atomic E-state index is 13.5. The lowest BCUT2D eigenvalue weighted by atomic mass is 9.45. The lowest BCUT2D eigenvalue weighted by Gasteiger charge is -2.61. The molecule has 1 aliphatic heterocycles. The number of thioether (sulfide) groups is 2. The van der Waals surface area contributed by atoms with Crippen LogP contribution in [0.5, 0.6) is 0 Å². The van der Waals surface area contributed by atoms with Gasteiger partial charge in [0, 0.05) is 32.0 Å². The molecule has 67 heavy (non-hydrogen) atoms. The van der Waals surface area contributed by atoms with Crippen molar-refractivity contribution in [3.8, 4) is 0 Å². The summed E-state index contributed by atoms with van der Waals surface area (Å²) in [5.41, 5.74) is 2.16. The van der Waals surface area contributed by atoms with Crippen LogP contribution in [0.1, 0.15) is 121 Å². The molecule has 0 amide bonds. The van der Waals surface area contributed by atoms with Gasteiger partial charge in [-0.3, -0.25) is 0 Å². The van der Waals surface area contributed by atoms with E-state index in [0.29, 0.717) is 37.6 Å². The summed E-state index contributed by atoms with van der Waals surface area (Å²) in [5.74, 6) is 3.78. The first kappa shape index (κ1) is 53.6. The average molecular weight is 994 g/mol. The Hall–Kier alpha value is -1.23. The van der Waals surface area contributed by atoms with Crippen LogP contribution in [0.4, 0.5) is 0 Å². The molecule has 2 aromatic rings. The third-order valence-electron chi connectivity index (χ3n) is 18.1. The van der Waals surface area contributed by atoms with Gasteiger partial charge in [0.15, 0.2) is 8.32 Å². The lowest BCUT2D eigenvalue weighted by Crippen LogP contribution is -2.68. The third kappa shape index (κ3) is 10.1. The Kier molecular flexibility index (Phi) is 17.5. The summed E-state index contributed by atoms with van der Waals surface area (Å²) in [6.07, 6.45) is 13.0. The molecule has 1 heterocycles. The van der Waals surface area contributed by atoms with Crippen LogP contribution in [0.25, 0.3) is 0 Å². The summed E-state index contributed by atoms with van der Waals surface area (Å²) < 4.78 is 39.2. The summed E-state index contributed by atoms with van der Waals surface area (Å²) in [5, 5.41) is 15.8. The van der Waals surface area contributed by atoms with E-state index < -0.39 is 32.4 Å². The molecule has 3 saturated carbocycles. The Labute approximate surface area is 417 Å². The number of rotatable bonds is 21.